The van der Waals surface area contributed by atoms with Gasteiger partial charge >= 0.3 is 0 Å². The summed E-state index contributed by atoms with van der Waals surface area (Å²) in [6.45, 7) is 5.08. The molecule has 0 unspecified atom stereocenters. The fraction of sp³-hybridized carbons (Fsp3) is 0.400. The van der Waals surface area contributed by atoms with E-state index < -0.39 is 4.92 Å². The molecule has 1 aliphatic rings. The number of nitro benzene ring substituents is 1. The summed E-state index contributed by atoms with van der Waals surface area (Å²) in [5.74, 6) is 1.81. The van der Waals surface area contributed by atoms with Crippen molar-refractivity contribution in [1.29, 1.82) is 0 Å². The third-order valence-electron chi connectivity index (χ3n) is 4.70. The number of anilines is 1. The topological polar surface area (TPSA) is 96.1 Å². The van der Waals surface area contributed by atoms with E-state index in [4.69, 9.17) is 9.73 Å². The summed E-state index contributed by atoms with van der Waals surface area (Å²) in [6.07, 6.45) is 1.81. The van der Waals surface area contributed by atoms with Crippen molar-refractivity contribution in [3.8, 4) is 0 Å². The number of ether oxygens (including phenoxy) is 1. The van der Waals surface area contributed by atoms with Gasteiger partial charge in [-0.3, -0.25) is 10.1 Å². The number of pyridine rings is 1. The second-order valence-electron chi connectivity index (χ2n) is 6.65. The number of non-ortho nitro benzene ring substituents is 1. The van der Waals surface area contributed by atoms with Crippen molar-refractivity contribution < 1.29 is 9.66 Å². The molecule has 30 heavy (non-hydrogen) atoms. The number of halogens is 1. The Balaban J connectivity index is 0.00000320. The van der Waals surface area contributed by atoms with Gasteiger partial charge in [0, 0.05) is 58.2 Å². The van der Waals surface area contributed by atoms with Crippen molar-refractivity contribution in [3.05, 3.63) is 64.3 Å². The first-order valence-electron chi connectivity index (χ1n) is 9.59. The fourth-order valence-corrected chi connectivity index (χ4v) is 3.11. The number of benzene rings is 1. The summed E-state index contributed by atoms with van der Waals surface area (Å²) < 4.78 is 5.14. The van der Waals surface area contributed by atoms with Crippen molar-refractivity contribution in [3.63, 3.8) is 0 Å². The molecule has 0 atom stereocenters. The summed E-state index contributed by atoms with van der Waals surface area (Å²) in [6, 6.07) is 12.4. The molecule has 0 radical (unpaired) electrons. The van der Waals surface area contributed by atoms with Crippen LogP contribution >= 0.6 is 24.0 Å². The molecule has 9 nitrogen and oxygen atoms in total. The minimum Gasteiger partial charge on any atom is -0.383 e. The van der Waals surface area contributed by atoms with Crippen molar-refractivity contribution in [1.82, 2.24) is 15.2 Å². The van der Waals surface area contributed by atoms with E-state index in [2.05, 4.69) is 20.1 Å². The number of nitro groups is 1. The van der Waals surface area contributed by atoms with Gasteiger partial charge in [-0.2, -0.15) is 0 Å². The van der Waals surface area contributed by atoms with Crippen LogP contribution in [0.4, 0.5) is 11.5 Å². The van der Waals surface area contributed by atoms with Gasteiger partial charge in [0.15, 0.2) is 5.96 Å². The van der Waals surface area contributed by atoms with E-state index in [9.17, 15) is 10.1 Å². The highest BCUT2D eigenvalue weighted by atomic mass is 127. The average molecular weight is 526 g/mol. The Morgan fingerprint density at radius 2 is 1.93 bits per heavy atom. The summed E-state index contributed by atoms with van der Waals surface area (Å²) >= 11 is 0. The molecule has 1 aliphatic heterocycles. The zero-order valence-electron chi connectivity index (χ0n) is 16.9. The fourth-order valence-electron chi connectivity index (χ4n) is 3.11. The molecular formula is C20H27IN6O3. The molecule has 0 aliphatic carbocycles. The van der Waals surface area contributed by atoms with Gasteiger partial charge in [-0.25, -0.2) is 9.98 Å². The molecule has 1 fully saturated rings. The Hall–Kier alpha value is -2.47. The predicted octanol–water partition coefficient (Wildman–Crippen LogP) is 2.52. The molecule has 1 N–H and O–H groups in total. The van der Waals surface area contributed by atoms with Crippen molar-refractivity contribution in [2.75, 3.05) is 51.3 Å². The predicted molar refractivity (Wildman–Crippen MR) is 128 cm³/mol. The zero-order valence-corrected chi connectivity index (χ0v) is 19.3. The van der Waals surface area contributed by atoms with Crippen LogP contribution in [0.5, 0.6) is 0 Å². The lowest BCUT2D eigenvalue weighted by atomic mass is 10.2. The molecule has 2 aromatic rings. The normalized spacial score (nSPS) is 14.2. The molecule has 0 amide bonds. The number of aliphatic imine (C=N–C) groups is 1. The first-order valence-corrected chi connectivity index (χ1v) is 9.59. The van der Waals surface area contributed by atoms with Crippen LogP contribution in [0.3, 0.4) is 0 Å². The van der Waals surface area contributed by atoms with Crippen LogP contribution in [-0.2, 0) is 11.3 Å². The Labute approximate surface area is 193 Å². The number of rotatable bonds is 7. The molecule has 1 aromatic heterocycles. The number of aromatic nitrogens is 1. The maximum Gasteiger partial charge on any atom is 0.269 e. The van der Waals surface area contributed by atoms with Crippen molar-refractivity contribution in [2.24, 2.45) is 4.99 Å². The molecular weight excluding hydrogens is 499 g/mol. The van der Waals surface area contributed by atoms with E-state index in [1.165, 1.54) is 12.1 Å². The highest BCUT2D eigenvalue weighted by Crippen LogP contribution is 2.14. The molecule has 10 heteroatoms. The Morgan fingerprint density at radius 3 is 2.53 bits per heavy atom. The number of nitrogens with one attached hydrogen (secondary N) is 1. The largest absolute Gasteiger partial charge is 0.383 e. The quantitative estimate of drug-likeness (QED) is 0.148. The van der Waals surface area contributed by atoms with Crippen LogP contribution in [0.2, 0.25) is 0 Å². The van der Waals surface area contributed by atoms with Crippen LogP contribution in [0, 0.1) is 10.1 Å². The van der Waals surface area contributed by atoms with Crippen molar-refractivity contribution in [2.45, 2.75) is 6.54 Å². The lowest BCUT2D eigenvalue weighted by molar-refractivity contribution is -0.384. The van der Waals surface area contributed by atoms with Crippen LogP contribution < -0.4 is 10.2 Å². The maximum atomic E-state index is 10.8. The van der Waals surface area contributed by atoms with Gasteiger partial charge in [-0.05, 0) is 17.7 Å². The molecule has 162 valence electrons. The Bertz CT molecular complexity index is 811. The molecule has 3 rings (SSSR count). The second kappa shape index (κ2) is 12.3. The van der Waals surface area contributed by atoms with Gasteiger partial charge < -0.3 is 19.9 Å². The molecule has 1 saturated heterocycles. The minimum absolute atomic E-state index is 0. The van der Waals surface area contributed by atoms with Gasteiger partial charge in [-0.15, -0.1) is 24.0 Å². The molecule has 2 heterocycles. The number of piperazine rings is 1. The lowest BCUT2D eigenvalue weighted by Crippen LogP contribution is -2.53. The molecule has 0 spiro atoms. The first kappa shape index (κ1) is 23.8. The molecule has 0 saturated carbocycles. The second-order valence-corrected chi connectivity index (χ2v) is 6.65. The van der Waals surface area contributed by atoms with E-state index in [0.717, 1.165) is 43.5 Å². The third-order valence-corrected chi connectivity index (χ3v) is 4.70. The SMILES string of the molecule is COCCNC(=NCc1ccc([N+](=O)[O-])cc1)N1CCN(c2ccccn2)CC1.I. The average Bonchev–Trinajstić information content (AvgIpc) is 2.77. The van der Waals surface area contributed by atoms with Gasteiger partial charge in [0.05, 0.1) is 18.1 Å². The van der Waals surface area contributed by atoms with Crippen LogP contribution in [0.25, 0.3) is 0 Å². The summed E-state index contributed by atoms with van der Waals surface area (Å²) in [7, 11) is 1.67. The Morgan fingerprint density at radius 1 is 1.20 bits per heavy atom. The van der Waals surface area contributed by atoms with Gasteiger partial charge in [0.25, 0.3) is 5.69 Å². The Kier molecular flexibility index (Phi) is 9.74. The van der Waals surface area contributed by atoms with E-state index in [0.29, 0.717) is 19.7 Å². The maximum absolute atomic E-state index is 10.8. The highest BCUT2D eigenvalue weighted by molar-refractivity contribution is 14.0. The number of nitrogens with zero attached hydrogens (tertiary/aromatic N) is 5. The number of hydrogen-bond acceptors (Lipinski definition) is 6. The zero-order chi connectivity index (χ0) is 20.5. The van der Waals surface area contributed by atoms with Crippen LogP contribution in [0.15, 0.2) is 53.7 Å². The standard InChI is InChI=1S/C20H26N6O3.HI/c1-29-15-10-22-20(23-16-17-5-7-18(8-6-17)26(27)28)25-13-11-24(12-14-25)19-4-2-3-9-21-19;/h2-9H,10-16H2,1H3,(H,22,23);1H. The smallest absolute Gasteiger partial charge is 0.269 e. The third kappa shape index (κ3) is 6.80. The first-order chi connectivity index (χ1) is 14.2. The molecule has 0 bridgehead atoms. The number of guanidine groups is 1. The molecule has 1 aromatic carbocycles. The highest BCUT2D eigenvalue weighted by Gasteiger charge is 2.20. The van der Waals surface area contributed by atoms with E-state index in [1.807, 2.05) is 24.4 Å². The lowest BCUT2D eigenvalue weighted by Gasteiger charge is -2.37. The van der Waals surface area contributed by atoms with Gasteiger partial charge in [-0.1, -0.05) is 18.2 Å². The van der Waals surface area contributed by atoms with E-state index in [1.54, 1.807) is 19.2 Å². The van der Waals surface area contributed by atoms with Gasteiger partial charge in [0.1, 0.15) is 5.82 Å². The van der Waals surface area contributed by atoms with E-state index >= 15 is 0 Å². The summed E-state index contributed by atoms with van der Waals surface area (Å²) in [4.78, 5) is 24.1. The summed E-state index contributed by atoms with van der Waals surface area (Å²) in [5.41, 5.74) is 1.01. The van der Waals surface area contributed by atoms with Crippen LogP contribution in [-0.4, -0.2) is 67.2 Å². The number of hydrogen-bond donors (Lipinski definition) is 1. The number of methoxy groups -OCH3 is 1. The summed E-state index contributed by atoms with van der Waals surface area (Å²) in [5, 5.41) is 14.2. The van der Waals surface area contributed by atoms with Gasteiger partial charge in [0.2, 0.25) is 0 Å². The van der Waals surface area contributed by atoms with Crippen molar-refractivity contribution >= 4 is 41.4 Å². The minimum atomic E-state index is -0.397. The van der Waals surface area contributed by atoms with E-state index in [-0.39, 0.29) is 29.7 Å². The monoisotopic (exact) mass is 526 g/mol. The van der Waals surface area contributed by atoms with Crippen LogP contribution in [0.1, 0.15) is 5.56 Å².